The number of nitrogens with zero attached hydrogens (tertiary/aromatic N) is 2. The van der Waals surface area contributed by atoms with Gasteiger partial charge in [0.2, 0.25) is 10.0 Å². The molecule has 3 aromatic carbocycles. The number of likely N-dealkylation sites (N-methyl/N-ethyl adjacent to an activating group) is 1. The van der Waals surface area contributed by atoms with Gasteiger partial charge in [-0.1, -0.05) is 24.3 Å². The van der Waals surface area contributed by atoms with E-state index >= 15 is 0 Å². The molecule has 0 atom stereocenters. The van der Waals surface area contributed by atoms with Crippen molar-refractivity contribution in [3.05, 3.63) is 66.2 Å². The molecular formula is C25H25N3O5S. The lowest BCUT2D eigenvalue weighted by molar-refractivity contribution is 0.102. The Bertz CT molecular complexity index is 1490. The van der Waals surface area contributed by atoms with Gasteiger partial charge in [0.25, 0.3) is 5.91 Å². The zero-order valence-corrected chi connectivity index (χ0v) is 19.8. The third-order valence-corrected chi connectivity index (χ3v) is 8.04. The predicted molar refractivity (Wildman–Crippen MR) is 131 cm³/mol. The number of anilines is 1. The van der Waals surface area contributed by atoms with Gasteiger partial charge in [-0.3, -0.25) is 4.79 Å². The molecule has 8 nitrogen and oxygen atoms in total. The minimum Gasteiger partial charge on any atom is -0.495 e. The highest BCUT2D eigenvalue weighted by atomic mass is 32.2. The molecule has 4 aromatic rings. The first-order valence-electron chi connectivity index (χ1n) is 11.0. The molecule has 1 aromatic heterocycles. The van der Waals surface area contributed by atoms with Gasteiger partial charge in [-0.05, 0) is 37.4 Å². The Balaban J connectivity index is 1.44. The van der Waals surface area contributed by atoms with Crippen LogP contribution >= 0.6 is 0 Å². The van der Waals surface area contributed by atoms with E-state index in [9.17, 15) is 13.2 Å². The van der Waals surface area contributed by atoms with Crippen LogP contribution in [-0.2, 0) is 10.0 Å². The van der Waals surface area contributed by atoms with E-state index in [1.54, 1.807) is 18.2 Å². The largest absolute Gasteiger partial charge is 0.495 e. The second-order valence-electron chi connectivity index (χ2n) is 8.34. The maximum Gasteiger partial charge on any atom is 0.255 e. The van der Waals surface area contributed by atoms with E-state index in [2.05, 4.69) is 10.2 Å². The van der Waals surface area contributed by atoms with Crippen LogP contribution in [0.15, 0.2) is 70.0 Å². The van der Waals surface area contributed by atoms with Gasteiger partial charge in [-0.15, -0.1) is 0 Å². The van der Waals surface area contributed by atoms with Gasteiger partial charge >= 0.3 is 0 Å². The number of para-hydroxylation sites is 1. The number of carbonyl (C=O) groups is 1. The fourth-order valence-electron chi connectivity index (χ4n) is 4.19. The molecule has 0 unspecified atom stereocenters. The fourth-order valence-corrected chi connectivity index (χ4v) is 5.66. The first-order chi connectivity index (χ1) is 16.4. The Labute approximate surface area is 197 Å². The Morgan fingerprint density at radius 2 is 1.71 bits per heavy atom. The molecule has 5 rings (SSSR count). The predicted octanol–water partition coefficient (Wildman–Crippen LogP) is 3.78. The molecule has 2 heterocycles. The minimum absolute atomic E-state index is 0.101. The van der Waals surface area contributed by atoms with Crippen molar-refractivity contribution < 1.29 is 22.4 Å². The van der Waals surface area contributed by atoms with Gasteiger partial charge in [0, 0.05) is 48.6 Å². The number of carbonyl (C=O) groups excluding carboxylic acids is 1. The first-order valence-corrected chi connectivity index (χ1v) is 12.4. The Hall–Kier alpha value is -3.40. The van der Waals surface area contributed by atoms with Crippen LogP contribution in [0, 0.1) is 0 Å². The topological polar surface area (TPSA) is 92.1 Å². The normalized spacial score (nSPS) is 15.6. The number of ether oxygens (including phenoxy) is 1. The number of sulfonamides is 1. The van der Waals surface area contributed by atoms with Crippen LogP contribution in [0.1, 0.15) is 10.4 Å². The van der Waals surface area contributed by atoms with E-state index in [4.69, 9.17) is 9.15 Å². The Kier molecular flexibility index (Phi) is 5.76. The van der Waals surface area contributed by atoms with E-state index < -0.39 is 15.9 Å². The molecule has 0 saturated carbocycles. The Morgan fingerprint density at radius 1 is 0.941 bits per heavy atom. The van der Waals surface area contributed by atoms with Gasteiger partial charge in [0.1, 0.15) is 16.9 Å². The molecule has 0 aliphatic carbocycles. The molecule has 34 heavy (non-hydrogen) atoms. The quantitative estimate of drug-likeness (QED) is 0.468. The van der Waals surface area contributed by atoms with Gasteiger partial charge in [-0.2, -0.15) is 4.31 Å². The van der Waals surface area contributed by atoms with E-state index in [0.717, 1.165) is 16.4 Å². The van der Waals surface area contributed by atoms with Crippen molar-refractivity contribution in [2.24, 2.45) is 0 Å². The summed E-state index contributed by atoms with van der Waals surface area (Å²) in [4.78, 5) is 15.3. The first kappa shape index (κ1) is 22.4. The number of piperazine rings is 1. The highest BCUT2D eigenvalue weighted by molar-refractivity contribution is 7.89. The van der Waals surface area contributed by atoms with E-state index in [1.165, 1.54) is 23.5 Å². The van der Waals surface area contributed by atoms with Gasteiger partial charge in [-0.25, -0.2) is 8.42 Å². The summed E-state index contributed by atoms with van der Waals surface area (Å²) in [6.07, 6.45) is 0. The number of nitrogens with one attached hydrogen (secondary N) is 1. The molecule has 1 N–H and O–H groups in total. The number of benzene rings is 3. The third-order valence-electron chi connectivity index (χ3n) is 6.14. The van der Waals surface area contributed by atoms with Crippen LogP contribution in [0.25, 0.3) is 21.9 Å². The molecule has 0 bridgehead atoms. The fraction of sp³-hybridized carbons (Fsp3) is 0.240. The number of hydrogen-bond acceptors (Lipinski definition) is 6. The summed E-state index contributed by atoms with van der Waals surface area (Å²) in [5, 5.41) is 4.67. The molecule has 1 fully saturated rings. The number of hydrogen-bond donors (Lipinski definition) is 1. The van der Waals surface area contributed by atoms with Crippen LogP contribution in [0.4, 0.5) is 5.69 Å². The lowest BCUT2D eigenvalue weighted by Gasteiger charge is -2.31. The van der Waals surface area contributed by atoms with Crippen LogP contribution in [0.5, 0.6) is 5.75 Å². The summed E-state index contributed by atoms with van der Waals surface area (Å²) in [6.45, 7) is 2.18. The molecule has 0 radical (unpaired) electrons. The third kappa shape index (κ3) is 4.02. The minimum atomic E-state index is -3.68. The number of rotatable bonds is 5. The summed E-state index contributed by atoms with van der Waals surface area (Å²) in [5.41, 5.74) is 2.03. The smallest absolute Gasteiger partial charge is 0.255 e. The van der Waals surface area contributed by atoms with E-state index in [-0.39, 0.29) is 10.5 Å². The lowest BCUT2D eigenvalue weighted by atomic mass is 10.1. The van der Waals surface area contributed by atoms with E-state index in [1.807, 2.05) is 37.4 Å². The van der Waals surface area contributed by atoms with Crippen LogP contribution in [0.3, 0.4) is 0 Å². The summed E-state index contributed by atoms with van der Waals surface area (Å²) >= 11 is 0. The second-order valence-corrected chi connectivity index (χ2v) is 10.3. The molecule has 1 aliphatic heterocycles. The van der Waals surface area contributed by atoms with Crippen molar-refractivity contribution >= 4 is 43.6 Å². The maximum atomic E-state index is 13.1. The van der Waals surface area contributed by atoms with Crippen LogP contribution < -0.4 is 10.1 Å². The van der Waals surface area contributed by atoms with Crippen molar-refractivity contribution in [2.75, 3.05) is 45.7 Å². The van der Waals surface area contributed by atoms with Gasteiger partial charge in [0.15, 0.2) is 0 Å². The number of furan rings is 1. The van der Waals surface area contributed by atoms with Crippen molar-refractivity contribution in [3.8, 4) is 5.75 Å². The van der Waals surface area contributed by atoms with Crippen molar-refractivity contribution in [2.45, 2.75) is 4.90 Å². The highest BCUT2D eigenvalue weighted by Crippen LogP contribution is 2.36. The number of methoxy groups -OCH3 is 1. The van der Waals surface area contributed by atoms with Crippen LogP contribution in [-0.4, -0.2) is 63.9 Å². The number of fused-ring (bicyclic) bond motifs is 3. The molecule has 1 saturated heterocycles. The number of amides is 1. The lowest BCUT2D eigenvalue weighted by Crippen LogP contribution is -2.47. The SMILES string of the molecule is COc1cc2c(cc1NC(=O)c1cccc(S(=O)(=O)N3CCN(C)CC3)c1)oc1ccccc12. The molecule has 1 amide bonds. The Morgan fingerprint density at radius 3 is 2.47 bits per heavy atom. The average molecular weight is 480 g/mol. The van der Waals surface area contributed by atoms with Crippen LogP contribution in [0.2, 0.25) is 0 Å². The summed E-state index contributed by atoms with van der Waals surface area (Å²) in [6, 6.07) is 17.3. The average Bonchev–Trinajstić information content (AvgIpc) is 3.21. The monoisotopic (exact) mass is 479 g/mol. The summed E-state index contributed by atoms with van der Waals surface area (Å²) in [7, 11) is -0.190. The zero-order chi connectivity index (χ0) is 23.9. The highest BCUT2D eigenvalue weighted by Gasteiger charge is 2.28. The van der Waals surface area contributed by atoms with Crippen molar-refractivity contribution in [1.29, 1.82) is 0 Å². The molecular weight excluding hydrogens is 454 g/mol. The standard InChI is InChI=1S/C25H25N3O5S/c1-27-10-12-28(13-11-27)34(30,31)18-7-5-6-17(14-18)25(29)26-21-16-23-20(15-24(21)32-2)19-8-3-4-9-22(19)33-23/h3-9,14-16H,10-13H2,1-2H3,(H,26,29). The van der Waals surface area contributed by atoms with Crippen molar-refractivity contribution in [1.82, 2.24) is 9.21 Å². The molecule has 0 spiro atoms. The summed E-state index contributed by atoms with van der Waals surface area (Å²) in [5.74, 6) is 0.0396. The molecule has 176 valence electrons. The van der Waals surface area contributed by atoms with E-state index in [0.29, 0.717) is 43.2 Å². The summed E-state index contributed by atoms with van der Waals surface area (Å²) < 4.78 is 39.1. The zero-order valence-electron chi connectivity index (χ0n) is 18.9. The molecule has 1 aliphatic rings. The molecule has 9 heteroatoms. The van der Waals surface area contributed by atoms with Crippen molar-refractivity contribution in [3.63, 3.8) is 0 Å². The van der Waals surface area contributed by atoms with Gasteiger partial charge < -0.3 is 19.4 Å². The second kappa shape index (κ2) is 8.75. The maximum absolute atomic E-state index is 13.1. The van der Waals surface area contributed by atoms with Gasteiger partial charge in [0.05, 0.1) is 17.7 Å².